The fourth-order valence-electron chi connectivity index (χ4n) is 2.61. The molecule has 1 heterocycles. The van der Waals surface area contributed by atoms with Crippen LogP contribution >= 0.6 is 0 Å². The van der Waals surface area contributed by atoms with Gasteiger partial charge in [0.1, 0.15) is 5.75 Å². The monoisotopic (exact) mass is 263 g/mol. The summed E-state index contributed by atoms with van der Waals surface area (Å²) in [5.41, 5.74) is 1.24. The normalized spacial score (nSPS) is 20.0. The predicted molar refractivity (Wildman–Crippen MR) is 73.2 cm³/mol. The van der Waals surface area contributed by atoms with Gasteiger partial charge < -0.3 is 9.47 Å². The van der Waals surface area contributed by atoms with E-state index in [4.69, 9.17) is 9.47 Å². The molecule has 1 saturated heterocycles. The van der Waals surface area contributed by atoms with Crippen LogP contribution in [0.15, 0.2) is 24.3 Å². The first kappa shape index (κ1) is 13.9. The second kappa shape index (κ2) is 6.57. The molecule has 4 heteroatoms. The molecule has 1 aromatic rings. The van der Waals surface area contributed by atoms with Gasteiger partial charge in [0.05, 0.1) is 20.8 Å². The molecule has 0 amide bonds. The van der Waals surface area contributed by atoms with E-state index in [9.17, 15) is 4.79 Å². The third kappa shape index (κ3) is 3.47. The van der Waals surface area contributed by atoms with E-state index in [0.29, 0.717) is 12.6 Å². The third-order valence-corrected chi connectivity index (χ3v) is 3.67. The average Bonchev–Trinajstić information content (AvgIpc) is 2.48. The van der Waals surface area contributed by atoms with Crippen molar-refractivity contribution in [3.63, 3.8) is 0 Å². The summed E-state index contributed by atoms with van der Waals surface area (Å²) in [7, 11) is 3.11. The van der Waals surface area contributed by atoms with Crippen molar-refractivity contribution >= 4 is 5.97 Å². The van der Waals surface area contributed by atoms with Crippen LogP contribution in [-0.2, 0) is 9.53 Å². The number of esters is 1. The highest BCUT2D eigenvalue weighted by atomic mass is 16.5. The number of carbonyl (C=O) groups excluding carboxylic acids is 1. The Labute approximate surface area is 114 Å². The number of hydrogen-bond acceptors (Lipinski definition) is 4. The number of ether oxygens (including phenoxy) is 2. The summed E-state index contributed by atoms with van der Waals surface area (Å²) in [6.07, 6.45) is 3.43. The van der Waals surface area contributed by atoms with E-state index in [2.05, 4.69) is 17.0 Å². The SMILES string of the molecule is COC(=O)CN1CCCCC1c1ccc(OC)cc1. The van der Waals surface area contributed by atoms with Crippen molar-refractivity contribution in [1.82, 2.24) is 4.90 Å². The maximum Gasteiger partial charge on any atom is 0.319 e. The lowest BCUT2D eigenvalue weighted by Gasteiger charge is -2.35. The van der Waals surface area contributed by atoms with Gasteiger partial charge in [-0.05, 0) is 37.1 Å². The Hall–Kier alpha value is -1.55. The molecule has 0 saturated carbocycles. The molecular weight excluding hydrogens is 242 g/mol. The standard InChI is InChI=1S/C15H21NO3/c1-18-13-8-6-12(7-9-13)14-5-3-4-10-16(14)11-15(17)19-2/h6-9,14H,3-5,10-11H2,1-2H3. The number of benzene rings is 1. The number of likely N-dealkylation sites (tertiary alicyclic amines) is 1. The van der Waals surface area contributed by atoms with Crippen molar-refractivity contribution < 1.29 is 14.3 Å². The molecule has 1 aliphatic rings. The molecule has 1 fully saturated rings. The highest BCUT2D eigenvalue weighted by Crippen LogP contribution is 2.31. The molecule has 1 aliphatic heterocycles. The number of piperidine rings is 1. The van der Waals surface area contributed by atoms with Crippen LogP contribution in [0, 0.1) is 0 Å². The zero-order valence-electron chi connectivity index (χ0n) is 11.6. The molecular formula is C15H21NO3. The molecule has 0 N–H and O–H groups in total. The van der Waals surface area contributed by atoms with E-state index in [0.717, 1.165) is 25.1 Å². The topological polar surface area (TPSA) is 38.8 Å². The summed E-state index contributed by atoms with van der Waals surface area (Å²) in [6.45, 7) is 1.32. The van der Waals surface area contributed by atoms with Crippen molar-refractivity contribution in [2.45, 2.75) is 25.3 Å². The van der Waals surface area contributed by atoms with Crippen molar-refractivity contribution in [2.75, 3.05) is 27.3 Å². The fraction of sp³-hybridized carbons (Fsp3) is 0.533. The van der Waals surface area contributed by atoms with Crippen LogP contribution < -0.4 is 4.74 Å². The van der Waals surface area contributed by atoms with Gasteiger partial charge in [0.2, 0.25) is 0 Å². The maximum absolute atomic E-state index is 11.5. The van der Waals surface area contributed by atoms with Gasteiger partial charge in [-0.15, -0.1) is 0 Å². The first-order valence-corrected chi connectivity index (χ1v) is 6.69. The molecule has 104 valence electrons. The Morgan fingerprint density at radius 3 is 2.63 bits per heavy atom. The summed E-state index contributed by atoms with van der Waals surface area (Å²) in [4.78, 5) is 13.7. The van der Waals surface area contributed by atoms with E-state index in [-0.39, 0.29) is 5.97 Å². The summed E-state index contributed by atoms with van der Waals surface area (Å²) in [6, 6.07) is 8.41. The van der Waals surface area contributed by atoms with Crippen LogP contribution in [0.1, 0.15) is 30.9 Å². The van der Waals surface area contributed by atoms with Gasteiger partial charge in [-0.25, -0.2) is 0 Å². The Balaban J connectivity index is 2.11. The van der Waals surface area contributed by atoms with Gasteiger partial charge in [0.15, 0.2) is 0 Å². The third-order valence-electron chi connectivity index (χ3n) is 3.67. The largest absolute Gasteiger partial charge is 0.497 e. The predicted octanol–water partition coefficient (Wildman–Crippen LogP) is 2.40. The van der Waals surface area contributed by atoms with Gasteiger partial charge in [-0.2, -0.15) is 0 Å². The highest BCUT2D eigenvalue weighted by Gasteiger charge is 2.25. The second-order valence-corrected chi connectivity index (χ2v) is 4.83. The van der Waals surface area contributed by atoms with Crippen molar-refractivity contribution in [1.29, 1.82) is 0 Å². The average molecular weight is 263 g/mol. The van der Waals surface area contributed by atoms with Crippen LogP contribution in [0.5, 0.6) is 5.75 Å². The first-order chi connectivity index (χ1) is 9.24. The zero-order valence-corrected chi connectivity index (χ0v) is 11.6. The number of methoxy groups -OCH3 is 2. The molecule has 1 unspecified atom stereocenters. The van der Waals surface area contributed by atoms with Crippen molar-refractivity contribution in [3.8, 4) is 5.75 Å². The molecule has 1 aromatic carbocycles. The van der Waals surface area contributed by atoms with Crippen molar-refractivity contribution in [2.24, 2.45) is 0 Å². The van der Waals surface area contributed by atoms with Gasteiger partial charge in [0, 0.05) is 6.04 Å². The quantitative estimate of drug-likeness (QED) is 0.782. The summed E-state index contributed by atoms with van der Waals surface area (Å²) < 4.78 is 9.95. The summed E-state index contributed by atoms with van der Waals surface area (Å²) >= 11 is 0. The number of rotatable bonds is 4. The van der Waals surface area contributed by atoms with Crippen molar-refractivity contribution in [3.05, 3.63) is 29.8 Å². The molecule has 0 bridgehead atoms. The van der Waals surface area contributed by atoms with Gasteiger partial charge in [-0.1, -0.05) is 18.6 Å². The molecule has 0 aliphatic carbocycles. The molecule has 0 radical (unpaired) electrons. The first-order valence-electron chi connectivity index (χ1n) is 6.69. The Kier molecular flexibility index (Phi) is 4.80. The van der Waals surface area contributed by atoms with Crippen LogP contribution in [0.3, 0.4) is 0 Å². The smallest absolute Gasteiger partial charge is 0.319 e. The van der Waals surface area contributed by atoms with Gasteiger partial charge in [-0.3, -0.25) is 9.69 Å². The molecule has 19 heavy (non-hydrogen) atoms. The fourth-order valence-corrected chi connectivity index (χ4v) is 2.61. The Morgan fingerprint density at radius 1 is 1.26 bits per heavy atom. The second-order valence-electron chi connectivity index (χ2n) is 4.83. The number of hydrogen-bond donors (Lipinski definition) is 0. The number of carbonyl (C=O) groups is 1. The molecule has 0 spiro atoms. The maximum atomic E-state index is 11.5. The van der Waals surface area contributed by atoms with Crippen LogP contribution in [0.25, 0.3) is 0 Å². The highest BCUT2D eigenvalue weighted by molar-refractivity contribution is 5.71. The molecule has 2 rings (SSSR count). The van der Waals surface area contributed by atoms with Gasteiger partial charge in [0.25, 0.3) is 0 Å². The van der Waals surface area contributed by atoms with E-state index >= 15 is 0 Å². The summed E-state index contributed by atoms with van der Waals surface area (Å²) in [5, 5.41) is 0. The zero-order chi connectivity index (χ0) is 13.7. The lowest BCUT2D eigenvalue weighted by molar-refractivity contribution is -0.143. The van der Waals surface area contributed by atoms with Crippen LogP contribution in [0.2, 0.25) is 0 Å². The lowest BCUT2D eigenvalue weighted by atomic mass is 9.95. The minimum Gasteiger partial charge on any atom is -0.497 e. The molecule has 1 atom stereocenters. The minimum absolute atomic E-state index is 0.166. The Morgan fingerprint density at radius 2 is 2.00 bits per heavy atom. The lowest BCUT2D eigenvalue weighted by Crippen LogP contribution is -2.37. The van der Waals surface area contributed by atoms with E-state index in [1.54, 1.807) is 7.11 Å². The minimum atomic E-state index is -0.166. The van der Waals surface area contributed by atoms with Gasteiger partial charge >= 0.3 is 5.97 Å². The molecule has 0 aromatic heterocycles. The van der Waals surface area contributed by atoms with Crippen LogP contribution in [-0.4, -0.2) is 38.2 Å². The summed E-state index contributed by atoms with van der Waals surface area (Å²) in [5.74, 6) is 0.694. The number of nitrogens with zero attached hydrogens (tertiary/aromatic N) is 1. The van der Waals surface area contributed by atoms with E-state index in [1.165, 1.54) is 19.1 Å². The Bertz CT molecular complexity index is 416. The van der Waals surface area contributed by atoms with Crippen LogP contribution in [0.4, 0.5) is 0 Å². The van der Waals surface area contributed by atoms with E-state index < -0.39 is 0 Å². The van der Waals surface area contributed by atoms with E-state index in [1.807, 2.05) is 12.1 Å². The molecule has 4 nitrogen and oxygen atoms in total.